The molecule has 3 nitrogen and oxygen atoms in total. The number of amides is 1. The van der Waals surface area contributed by atoms with Gasteiger partial charge in [0, 0.05) is 24.3 Å². The molecule has 1 saturated heterocycles. The van der Waals surface area contributed by atoms with E-state index in [-0.39, 0.29) is 5.91 Å². The number of aryl methyl sites for hydroxylation is 1. The van der Waals surface area contributed by atoms with E-state index in [1.807, 2.05) is 42.5 Å². The molecule has 25 heavy (non-hydrogen) atoms. The summed E-state index contributed by atoms with van der Waals surface area (Å²) in [4.78, 5) is 14.7. The molecule has 1 aliphatic rings. The lowest BCUT2D eigenvalue weighted by molar-refractivity contribution is 0.102. The van der Waals surface area contributed by atoms with Gasteiger partial charge in [0.1, 0.15) is 0 Å². The Hall–Kier alpha value is -2.00. The standard InChI is InChI=1S/C21H25ClN2O/c1-3-16-4-6-17(7-5-16)21(25)23-18-8-9-20(19(22)14-18)24-12-10-15(2)11-13-24/h4-9,14-15H,3,10-13H2,1-2H3,(H,23,25). The molecule has 0 unspecified atom stereocenters. The highest BCUT2D eigenvalue weighted by Gasteiger charge is 2.18. The third-order valence-electron chi connectivity index (χ3n) is 4.95. The van der Waals surface area contributed by atoms with Crippen molar-refractivity contribution in [2.45, 2.75) is 33.1 Å². The molecular formula is C21H25ClN2O. The SMILES string of the molecule is CCc1ccc(C(=O)Nc2ccc(N3CCC(C)CC3)c(Cl)c2)cc1. The Labute approximate surface area is 155 Å². The first-order valence-electron chi connectivity index (χ1n) is 9.01. The normalized spacial score (nSPS) is 15.2. The fraction of sp³-hybridized carbons (Fsp3) is 0.381. The summed E-state index contributed by atoms with van der Waals surface area (Å²) in [5.74, 6) is 0.672. The maximum atomic E-state index is 12.4. The summed E-state index contributed by atoms with van der Waals surface area (Å²) < 4.78 is 0. The molecule has 3 rings (SSSR count). The molecule has 1 amide bonds. The fourth-order valence-corrected chi connectivity index (χ4v) is 3.49. The van der Waals surface area contributed by atoms with Crippen molar-refractivity contribution in [2.75, 3.05) is 23.3 Å². The average Bonchev–Trinajstić information content (AvgIpc) is 2.63. The average molecular weight is 357 g/mol. The molecule has 0 radical (unpaired) electrons. The smallest absolute Gasteiger partial charge is 0.255 e. The van der Waals surface area contributed by atoms with Crippen LogP contribution in [0.3, 0.4) is 0 Å². The van der Waals surface area contributed by atoms with Gasteiger partial charge in [-0.3, -0.25) is 4.79 Å². The van der Waals surface area contributed by atoms with Crippen LogP contribution < -0.4 is 10.2 Å². The molecule has 0 atom stereocenters. The van der Waals surface area contributed by atoms with Gasteiger partial charge in [-0.1, -0.05) is 37.6 Å². The lowest BCUT2D eigenvalue weighted by atomic mass is 9.99. The van der Waals surface area contributed by atoms with Crippen molar-refractivity contribution in [3.63, 3.8) is 0 Å². The minimum Gasteiger partial charge on any atom is -0.370 e. The monoisotopic (exact) mass is 356 g/mol. The van der Waals surface area contributed by atoms with Crippen LogP contribution in [-0.2, 0) is 6.42 Å². The van der Waals surface area contributed by atoms with Crippen molar-refractivity contribution < 1.29 is 4.79 Å². The Morgan fingerprint density at radius 2 is 1.84 bits per heavy atom. The van der Waals surface area contributed by atoms with Crippen LogP contribution in [0, 0.1) is 5.92 Å². The van der Waals surface area contributed by atoms with Crippen LogP contribution in [0.5, 0.6) is 0 Å². The van der Waals surface area contributed by atoms with Gasteiger partial charge in [0.2, 0.25) is 0 Å². The number of benzene rings is 2. The summed E-state index contributed by atoms with van der Waals surface area (Å²) in [7, 11) is 0. The minimum atomic E-state index is -0.113. The summed E-state index contributed by atoms with van der Waals surface area (Å²) in [6.45, 7) is 6.47. The van der Waals surface area contributed by atoms with Gasteiger partial charge in [-0.2, -0.15) is 0 Å². The number of hydrogen-bond acceptors (Lipinski definition) is 2. The molecule has 0 aliphatic carbocycles. The van der Waals surface area contributed by atoms with Crippen molar-refractivity contribution in [1.82, 2.24) is 0 Å². The topological polar surface area (TPSA) is 32.3 Å². The highest BCUT2D eigenvalue weighted by molar-refractivity contribution is 6.33. The number of anilines is 2. The predicted molar refractivity (Wildman–Crippen MR) is 106 cm³/mol. The van der Waals surface area contributed by atoms with E-state index in [1.165, 1.54) is 18.4 Å². The van der Waals surface area contributed by atoms with Crippen LogP contribution in [-0.4, -0.2) is 19.0 Å². The van der Waals surface area contributed by atoms with Crippen molar-refractivity contribution >= 4 is 28.9 Å². The first-order chi connectivity index (χ1) is 12.1. The van der Waals surface area contributed by atoms with E-state index >= 15 is 0 Å². The molecule has 2 aromatic carbocycles. The predicted octanol–water partition coefficient (Wildman–Crippen LogP) is 5.39. The van der Waals surface area contributed by atoms with E-state index in [2.05, 4.69) is 24.1 Å². The van der Waals surface area contributed by atoms with Gasteiger partial charge in [-0.15, -0.1) is 0 Å². The summed E-state index contributed by atoms with van der Waals surface area (Å²) in [6.07, 6.45) is 3.36. The van der Waals surface area contributed by atoms with Gasteiger partial charge in [0.25, 0.3) is 5.91 Å². The summed E-state index contributed by atoms with van der Waals surface area (Å²) in [6, 6.07) is 13.5. The highest BCUT2D eigenvalue weighted by atomic mass is 35.5. The summed E-state index contributed by atoms with van der Waals surface area (Å²) >= 11 is 6.48. The van der Waals surface area contributed by atoms with Crippen LogP contribution in [0.15, 0.2) is 42.5 Å². The van der Waals surface area contributed by atoms with Gasteiger partial charge in [-0.05, 0) is 61.1 Å². The van der Waals surface area contributed by atoms with Crippen molar-refractivity contribution in [1.29, 1.82) is 0 Å². The maximum Gasteiger partial charge on any atom is 0.255 e. The molecule has 132 valence electrons. The summed E-state index contributed by atoms with van der Waals surface area (Å²) in [5, 5.41) is 3.62. The number of hydrogen-bond donors (Lipinski definition) is 1. The molecule has 1 fully saturated rings. The van der Waals surface area contributed by atoms with E-state index in [1.54, 1.807) is 0 Å². The molecule has 1 N–H and O–H groups in total. The van der Waals surface area contributed by atoms with E-state index in [9.17, 15) is 4.79 Å². The number of piperidine rings is 1. The lowest BCUT2D eigenvalue weighted by Gasteiger charge is -2.32. The second-order valence-corrected chi connectivity index (χ2v) is 7.25. The highest BCUT2D eigenvalue weighted by Crippen LogP contribution is 2.32. The number of nitrogens with one attached hydrogen (secondary N) is 1. The fourth-order valence-electron chi connectivity index (χ4n) is 3.19. The number of nitrogens with zero attached hydrogens (tertiary/aromatic N) is 1. The first-order valence-corrected chi connectivity index (χ1v) is 9.39. The van der Waals surface area contributed by atoms with Gasteiger partial charge in [-0.25, -0.2) is 0 Å². The number of halogens is 1. The Morgan fingerprint density at radius 3 is 2.44 bits per heavy atom. The Morgan fingerprint density at radius 1 is 1.16 bits per heavy atom. The quantitative estimate of drug-likeness (QED) is 0.796. The maximum absolute atomic E-state index is 12.4. The van der Waals surface area contributed by atoms with Gasteiger partial charge >= 0.3 is 0 Å². The first kappa shape index (κ1) is 17.8. The van der Waals surface area contributed by atoms with E-state index in [0.29, 0.717) is 10.6 Å². The molecule has 0 bridgehead atoms. The lowest BCUT2D eigenvalue weighted by Crippen LogP contribution is -2.32. The van der Waals surface area contributed by atoms with Crippen molar-refractivity contribution in [2.24, 2.45) is 5.92 Å². The van der Waals surface area contributed by atoms with Gasteiger partial charge < -0.3 is 10.2 Å². The molecule has 0 saturated carbocycles. The van der Waals surface area contributed by atoms with E-state index in [4.69, 9.17) is 11.6 Å². The third-order valence-corrected chi connectivity index (χ3v) is 5.26. The molecule has 4 heteroatoms. The zero-order chi connectivity index (χ0) is 17.8. The van der Waals surface area contributed by atoms with Crippen LogP contribution in [0.4, 0.5) is 11.4 Å². The van der Waals surface area contributed by atoms with Crippen LogP contribution >= 0.6 is 11.6 Å². The van der Waals surface area contributed by atoms with Crippen LogP contribution in [0.2, 0.25) is 5.02 Å². The second-order valence-electron chi connectivity index (χ2n) is 6.84. The third kappa shape index (κ3) is 4.35. The molecule has 0 aromatic heterocycles. The molecular weight excluding hydrogens is 332 g/mol. The minimum absolute atomic E-state index is 0.113. The molecule has 1 heterocycles. The number of rotatable bonds is 4. The van der Waals surface area contributed by atoms with E-state index in [0.717, 1.165) is 36.8 Å². The van der Waals surface area contributed by atoms with E-state index < -0.39 is 0 Å². The van der Waals surface area contributed by atoms with Crippen molar-refractivity contribution in [3.05, 3.63) is 58.6 Å². The number of carbonyl (C=O) groups is 1. The van der Waals surface area contributed by atoms with Crippen LogP contribution in [0.25, 0.3) is 0 Å². The van der Waals surface area contributed by atoms with Gasteiger partial charge in [0.15, 0.2) is 0 Å². The number of carbonyl (C=O) groups excluding carboxylic acids is 1. The Balaban J connectivity index is 1.68. The zero-order valence-electron chi connectivity index (χ0n) is 14.9. The second kappa shape index (κ2) is 7.92. The van der Waals surface area contributed by atoms with Crippen molar-refractivity contribution in [3.8, 4) is 0 Å². The van der Waals surface area contributed by atoms with Crippen LogP contribution in [0.1, 0.15) is 42.6 Å². The summed E-state index contributed by atoms with van der Waals surface area (Å²) in [5.41, 5.74) is 3.66. The Bertz CT molecular complexity index is 734. The zero-order valence-corrected chi connectivity index (χ0v) is 15.6. The Kier molecular flexibility index (Phi) is 5.64. The molecule has 2 aromatic rings. The largest absolute Gasteiger partial charge is 0.370 e. The molecule has 1 aliphatic heterocycles. The van der Waals surface area contributed by atoms with Gasteiger partial charge in [0.05, 0.1) is 10.7 Å². The molecule has 0 spiro atoms.